The van der Waals surface area contributed by atoms with Crippen LogP contribution in [0.4, 0.5) is 5.69 Å². The molecule has 0 amide bonds. The summed E-state index contributed by atoms with van der Waals surface area (Å²) >= 11 is 0. The lowest BCUT2D eigenvalue weighted by molar-refractivity contribution is 0.313. The van der Waals surface area contributed by atoms with Gasteiger partial charge in [0.15, 0.2) is 0 Å². The van der Waals surface area contributed by atoms with E-state index in [1.54, 1.807) is 0 Å². The minimum Gasteiger partial charge on any atom is -0.369 e. The van der Waals surface area contributed by atoms with Crippen molar-refractivity contribution in [3.05, 3.63) is 29.8 Å². The summed E-state index contributed by atoms with van der Waals surface area (Å²) in [5.41, 5.74) is 8.28. The lowest BCUT2D eigenvalue weighted by Gasteiger charge is -2.34. The number of hydrogen-bond acceptors (Lipinski definition) is 3. The Morgan fingerprint density at radius 1 is 1.06 bits per heavy atom. The molecule has 1 fully saturated rings. The van der Waals surface area contributed by atoms with Gasteiger partial charge in [-0.05, 0) is 44.1 Å². The van der Waals surface area contributed by atoms with E-state index in [1.807, 2.05) is 0 Å². The lowest BCUT2D eigenvalue weighted by atomic mass is 10.1. The molecule has 0 atom stereocenters. The lowest BCUT2D eigenvalue weighted by Crippen LogP contribution is -2.44. The zero-order valence-electron chi connectivity index (χ0n) is 10.7. The Morgan fingerprint density at radius 3 is 2.29 bits per heavy atom. The largest absolute Gasteiger partial charge is 0.369 e. The molecule has 0 bridgehead atoms. The van der Waals surface area contributed by atoms with Crippen LogP contribution in [0.2, 0.25) is 0 Å². The number of benzene rings is 1. The third-order valence-corrected chi connectivity index (χ3v) is 3.47. The number of anilines is 1. The van der Waals surface area contributed by atoms with E-state index in [2.05, 4.69) is 41.1 Å². The van der Waals surface area contributed by atoms with E-state index in [0.717, 1.165) is 45.6 Å². The quantitative estimate of drug-likeness (QED) is 0.851. The van der Waals surface area contributed by atoms with Crippen LogP contribution in [0.3, 0.4) is 0 Å². The summed E-state index contributed by atoms with van der Waals surface area (Å²) < 4.78 is 0. The average molecular weight is 233 g/mol. The molecule has 0 spiro atoms. The van der Waals surface area contributed by atoms with E-state index in [1.165, 1.54) is 11.3 Å². The predicted octanol–water partition coefficient (Wildman–Crippen LogP) is 1.33. The molecule has 0 saturated carbocycles. The van der Waals surface area contributed by atoms with E-state index in [4.69, 9.17) is 5.73 Å². The van der Waals surface area contributed by atoms with Gasteiger partial charge in [-0.1, -0.05) is 12.1 Å². The Morgan fingerprint density at radius 2 is 1.71 bits per heavy atom. The van der Waals surface area contributed by atoms with Crippen molar-refractivity contribution in [3.8, 4) is 0 Å². The van der Waals surface area contributed by atoms with Gasteiger partial charge in [0.1, 0.15) is 0 Å². The minimum atomic E-state index is 0.778. The second-order valence-corrected chi connectivity index (χ2v) is 4.85. The first-order valence-electron chi connectivity index (χ1n) is 6.52. The second-order valence-electron chi connectivity index (χ2n) is 4.85. The van der Waals surface area contributed by atoms with Gasteiger partial charge in [0.2, 0.25) is 0 Å². The molecule has 0 radical (unpaired) electrons. The first-order valence-corrected chi connectivity index (χ1v) is 6.52. The van der Waals surface area contributed by atoms with Crippen molar-refractivity contribution in [1.29, 1.82) is 0 Å². The molecule has 1 aromatic carbocycles. The molecule has 1 saturated heterocycles. The summed E-state index contributed by atoms with van der Waals surface area (Å²) in [5.74, 6) is 0. The Labute approximate surface area is 104 Å². The van der Waals surface area contributed by atoms with Crippen molar-refractivity contribution in [2.75, 3.05) is 44.7 Å². The molecule has 17 heavy (non-hydrogen) atoms. The number of rotatable bonds is 4. The van der Waals surface area contributed by atoms with Crippen LogP contribution in [-0.4, -0.2) is 44.7 Å². The zero-order chi connectivity index (χ0) is 12.1. The standard InChI is InChI=1S/C14H23N3/c1-16-9-11-17(12-10-16)14-6-4-13(5-7-14)3-2-8-15/h4-7H,2-3,8-12,15H2,1H3. The number of aryl methyl sites for hydroxylation is 1. The molecule has 3 heteroatoms. The summed E-state index contributed by atoms with van der Waals surface area (Å²) in [6, 6.07) is 8.97. The highest BCUT2D eigenvalue weighted by atomic mass is 15.2. The monoisotopic (exact) mass is 233 g/mol. The van der Waals surface area contributed by atoms with Crippen molar-refractivity contribution in [1.82, 2.24) is 4.90 Å². The first kappa shape index (κ1) is 12.4. The molecule has 1 heterocycles. The number of hydrogen-bond donors (Lipinski definition) is 1. The molecule has 94 valence electrons. The van der Waals surface area contributed by atoms with Crippen LogP contribution in [0.25, 0.3) is 0 Å². The SMILES string of the molecule is CN1CCN(c2ccc(CCCN)cc2)CC1. The molecule has 0 unspecified atom stereocenters. The van der Waals surface area contributed by atoms with Gasteiger partial charge in [-0.15, -0.1) is 0 Å². The molecule has 1 aliphatic heterocycles. The van der Waals surface area contributed by atoms with Crippen LogP contribution >= 0.6 is 0 Å². The number of nitrogens with zero attached hydrogens (tertiary/aromatic N) is 2. The van der Waals surface area contributed by atoms with Crippen LogP contribution in [0, 0.1) is 0 Å². The summed E-state index contributed by atoms with van der Waals surface area (Å²) in [6.07, 6.45) is 2.17. The fourth-order valence-corrected chi connectivity index (χ4v) is 2.24. The maximum atomic E-state index is 5.52. The Kier molecular flexibility index (Phi) is 4.40. The van der Waals surface area contributed by atoms with Crippen LogP contribution < -0.4 is 10.6 Å². The third-order valence-electron chi connectivity index (χ3n) is 3.47. The highest BCUT2D eigenvalue weighted by molar-refractivity contribution is 5.48. The molecule has 1 aromatic rings. The third kappa shape index (κ3) is 3.45. The van der Waals surface area contributed by atoms with Gasteiger partial charge >= 0.3 is 0 Å². The zero-order valence-corrected chi connectivity index (χ0v) is 10.7. The van der Waals surface area contributed by atoms with Crippen LogP contribution in [-0.2, 0) is 6.42 Å². The highest BCUT2D eigenvalue weighted by Crippen LogP contribution is 2.17. The number of piperazine rings is 1. The molecule has 2 rings (SSSR count). The molecule has 3 nitrogen and oxygen atoms in total. The summed E-state index contributed by atoms with van der Waals surface area (Å²) in [5, 5.41) is 0. The Bertz CT molecular complexity index is 326. The molecular weight excluding hydrogens is 210 g/mol. The van der Waals surface area contributed by atoms with Gasteiger partial charge in [0.05, 0.1) is 0 Å². The minimum absolute atomic E-state index is 0.778. The Balaban J connectivity index is 1.93. The van der Waals surface area contributed by atoms with E-state index in [9.17, 15) is 0 Å². The van der Waals surface area contributed by atoms with Crippen molar-refractivity contribution < 1.29 is 0 Å². The summed E-state index contributed by atoms with van der Waals surface area (Å²) in [6.45, 7) is 5.38. The van der Waals surface area contributed by atoms with Crippen molar-refractivity contribution >= 4 is 5.69 Å². The molecular formula is C14H23N3. The molecule has 1 aliphatic rings. The van der Waals surface area contributed by atoms with Gasteiger partial charge in [-0.3, -0.25) is 0 Å². The number of likely N-dealkylation sites (N-methyl/N-ethyl adjacent to an activating group) is 1. The van der Waals surface area contributed by atoms with Crippen LogP contribution in [0.15, 0.2) is 24.3 Å². The first-order chi connectivity index (χ1) is 8.29. The maximum Gasteiger partial charge on any atom is 0.0367 e. The fraction of sp³-hybridized carbons (Fsp3) is 0.571. The van der Waals surface area contributed by atoms with Gasteiger partial charge in [-0.25, -0.2) is 0 Å². The normalized spacial score (nSPS) is 17.4. The molecule has 0 aromatic heterocycles. The van der Waals surface area contributed by atoms with E-state index in [0.29, 0.717) is 0 Å². The average Bonchev–Trinajstić information content (AvgIpc) is 2.38. The van der Waals surface area contributed by atoms with Crippen molar-refractivity contribution in [2.24, 2.45) is 5.73 Å². The second kappa shape index (κ2) is 6.03. The van der Waals surface area contributed by atoms with Gasteiger partial charge in [0, 0.05) is 31.9 Å². The fourth-order valence-electron chi connectivity index (χ4n) is 2.24. The van der Waals surface area contributed by atoms with E-state index < -0.39 is 0 Å². The molecule has 0 aliphatic carbocycles. The van der Waals surface area contributed by atoms with Gasteiger partial charge in [-0.2, -0.15) is 0 Å². The smallest absolute Gasteiger partial charge is 0.0367 e. The van der Waals surface area contributed by atoms with E-state index >= 15 is 0 Å². The van der Waals surface area contributed by atoms with Crippen molar-refractivity contribution in [3.63, 3.8) is 0 Å². The van der Waals surface area contributed by atoms with Crippen molar-refractivity contribution in [2.45, 2.75) is 12.8 Å². The van der Waals surface area contributed by atoms with Crippen LogP contribution in [0.1, 0.15) is 12.0 Å². The van der Waals surface area contributed by atoms with E-state index in [-0.39, 0.29) is 0 Å². The topological polar surface area (TPSA) is 32.5 Å². The predicted molar refractivity (Wildman–Crippen MR) is 73.5 cm³/mol. The maximum absolute atomic E-state index is 5.52. The van der Waals surface area contributed by atoms with Gasteiger partial charge < -0.3 is 15.5 Å². The van der Waals surface area contributed by atoms with Gasteiger partial charge in [0.25, 0.3) is 0 Å². The Hall–Kier alpha value is -1.06. The highest BCUT2D eigenvalue weighted by Gasteiger charge is 2.13. The molecule has 2 N–H and O–H groups in total. The number of nitrogens with two attached hydrogens (primary N) is 1. The van der Waals surface area contributed by atoms with Crippen LogP contribution in [0.5, 0.6) is 0 Å². The summed E-state index contributed by atoms with van der Waals surface area (Å²) in [4.78, 5) is 4.85. The summed E-state index contributed by atoms with van der Waals surface area (Å²) in [7, 11) is 2.19.